The summed E-state index contributed by atoms with van der Waals surface area (Å²) in [6.07, 6.45) is 6.05. The van der Waals surface area contributed by atoms with Crippen LogP contribution in [0, 0.1) is 34.5 Å². The minimum absolute atomic E-state index is 0.0224. The number of ether oxygens (including phenoxy) is 2. The SMILES string of the molecule is C=C1CCCC(C)(C)[C@@H]2C[C@H](O)[C@@](C)([C@@H]3C=C(OC(C)=O)C[C@H]3COC(C)=O)[C@H]12. The van der Waals surface area contributed by atoms with Gasteiger partial charge >= 0.3 is 11.9 Å². The number of hydrogen-bond acceptors (Lipinski definition) is 5. The van der Waals surface area contributed by atoms with Crippen LogP contribution in [0.3, 0.4) is 0 Å². The lowest BCUT2D eigenvalue weighted by Crippen LogP contribution is -2.44. The molecule has 3 aliphatic rings. The maximum atomic E-state index is 11.5. The lowest BCUT2D eigenvalue weighted by Gasteiger charge is -2.45. The zero-order chi connectivity index (χ0) is 21.6. The van der Waals surface area contributed by atoms with Crippen LogP contribution in [0.2, 0.25) is 0 Å². The first-order chi connectivity index (χ1) is 13.5. The fourth-order valence-corrected chi connectivity index (χ4v) is 6.43. The number of fused-ring (bicyclic) bond motifs is 1. The molecule has 0 aromatic heterocycles. The number of hydrogen-bond donors (Lipinski definition) is 1. The Morgan fingerprint density at radius 3 is 2.55 bits per heavy atom. The molecule has 3 aliphatic carbocycles. The van der Waals surface area contributed by atoms with Gasteiger partial charge < -0.3 is 14.6 Å². The lowest BCUT2D eigenvalue weighted by atomic mass is 9.60. The Hall–Kier alpha value is -1.62. The Balaban J connectivity index is 2.00. The van der Waals surface area contributed by atoms with Crippen molar-refractivity contribution >= 4 is 11.9 Å². The zero-order valence-corrected chi connectivity index (χ0v) is 18.5. The molecule has 0 amide bonds. The van der Waals surface area contributed by atoms with Crippen molar-refractivity contribution in [3.8, 4) is 0 Å². The van der Waals surface area contributed by atoms with Crippen LogP contribution < -0.4 is 0 Å². The Morgan fingerprint density at radius 2 is 1.93 bits per heavy atom. The maximum absolute atomic E-state index is 11.5. The van der Waals surface area contributed by atoms with E-state index in [2.05, 4.69) is 27.4 Å². The summed E-state index contributed by atoms with van der Waals surface area (Å²) in [6.45, 7) is 14.3. The van der Waals surface area contributed by atoms with Crippen molar-refractivity contribution in [3.63, 3.8) is 0 Å². The van der Waals surface area contributed by atoms with E-state index in [1.54, 1.807) is 0 Å². The van der Waals surface area contributed by atoms with Crippen molar-refractivity contribution in [2.75, 3.05) is 6.61 Å². The van der Waals surface area contributed by atoms with Gasteiger partial charge in [0.15, 0.2) is 0 Å². The fourth-order valence-electron chi connectivity index (χ4n) is 6.43. The van der Waals surface area contributed by atoms with Gasteiger partial charge in [-0.3, -0.25) is 9.59 Å². The number of rotatable bonds is 4. The van der Waals surface area contributed by atoms with Gasteiger partial charge in [0.1, 0.15) is 5.76 Å². The molecular weight excluding hydrogens is 368 g/mol. The fraction of sp³-hybridized carbons (Fsp3) is 0.750. The third kappa shape index (κ3) is 4.03. The van der Waals surface area contributed by atoms with Gasteiger partial charge in [0, 0.05) is 31.6 Å². The number of carbonyl (C=O) groups is 2. The molecule has 29 heavy (non-hydrogen) atoms. The van der Waals surface area contributed by atoms with Crippen LogP contribution in [0.5, 0.6) is 0 Å². The summed E-state index contributed by atoms with van der Waals surface area (Å²) in [4.78, 5) is 23.0. The predicted octanol–water partition coefficient (Wildman–Crippen LogP) is 4.40. The summed E-state index contributed by atoms with van der Waals surface area (Å²) in [7, 11) is 0. The van der Waals surface area contributed by atoms with Gasteiger partial charge in [-0.1, -0.05) is 32.9 Å². The second-order valence-corrected chi connectivity index (χ2v) is 10.2. The van der Waals surface area contributed by atoms with E-state index in [0.29, 0.717) is 18.1 Å². The molecule has 0 unspecified atom stereocenters. The summed E-state index contributed by atoms with van der Waals surface area (Å²) in [5.41, 5.74) is 0.922. The summed E-state index contributed by atoms with van der Waals surface area (Å²) in [5.74, 6) is 0.427. The normalized spacial score (nSPS) is 38.8. The van der Waals surface area contributed by atoms with Crippen LogP contribution >= 0.6 is 0 Å². The maximum Gasteiger partial charge on any atom is 0.307 e. The Kier molecular flexibility index (Phi) is 6.01. The van der Waals surface area contributed by atoms with E-state index in [4.69, 9.17) is 9.47 Å². The van der Waals surface area contributed by atoms with Crippen LogP contribution in [0.25, 0.3) is 0 Å². The molecule has 3 rings (SSSR count). The third-order valence-electron chi connectivity index (χ3n) is 7.86. The molecule has 0 radical (unpaired) electrons. The Labute approximate surface area is 174 Å². The molecule has 0 bridgehead atoms. The topological polar surface area (TPSA) is 72.8 Å². The molecule has 0 aromatic rings. The Bertz CT molecular complexity index is 721. The quantitative estimate of drug-likeness (QED) is 0.555. The van der Waals surface area contributed by atoms with Crippen molar-refractivity contribution in [2.24, 2.45) is 34.5 Å². The molecule has 2 fully saturated rings. The predicted molar refractivity (Wildman–Crippen MR) is 111 cm³/mol. The third-order valence-corrected chi connectivity index (χ3v) is 7.86. The first-order valence-corrected chi connectivity index (χ1v) is 10.8. The summed E-state index contributed by atoms with van der Waals surface area (Å²) >= 11 is 0. The number of esters is 2. The summed E-state index contributed by atoms with van der Waals surface area (Å²) in [5, 5.41) is 11.4. The van der Waals surface area contributed by atoms with Gasteiger partial charge in [-0.15, -0.1) is 0 Å². The van der Waals surface area contributed by atoms with Crippen LogP contribution in [-0.4, -0.2) is 29.8 Å². The van der Waals surface area contributed by atoms with Crippen molar-refractivity contribution < 1.29 is 24.2 Å². The molecule has 2 saturated carbocycles. The molecule has 5 heteroatoms. The highest BCUT2D eigenvalue weighted by molar-refractivity contribution is 5.67. The second-order valence-electron chi connectivity index (χ2n) is 10.2. The average Bonchev–Trinajstić information content (AvgIpc) is 3.09. The van der Waals surface area contributed by atoms with E-state index in [-0.39, 0.29) is 41.7 Å². The van der Waals surface area contributed by atoms with Gasteiger partial charge in [0.05, 0.1) is 12.7 Å². The lowest BCUT2D eigenvalue weighted by molar-refractivity contribution is -0.144. The summed E-state index contributed by atoms with van der Waals surface area (Å²) in [6, 6.07) is 0. The number of allylic oxidation sites excluding steroid dienone is 3. The smallest absolute Gasteiger partial charge is 0.307 e. The standard InChI is InChI=1S/C24H36O5/c1-14-8-7-9-23(4,5)20-12-21(27)24(6,22(14)20)19-11-18(29-16(3)26)10-17(19)13-28-15(2)25/h11,17,19-22,27H,1,7-10,12-13H2,2-6H3/t17-,19+,20+,21-,22+,24+/m0/s1. The molecule has 162 valence electrons. The van der Waals surface area contributed by atoms with Crippen LogP contribution in [0.4, 0.5) is 0 Å². The van der Waals surface area contributed by atoms with Gasteiger partial charge in [0.25, 0.3) is 0 Å². The molecule has 0 spiro atoms. The minimum Gasteiger partial charge on any atom is -0.466 e. The molecule has 0 heterocycles. The van der Waals surface area contributed by atoms with Crippen LogP contribution in [-0.2, 0) is 19.1 Å². The van der Waals surface area contributed by atoms with Crippen molar-refractivity contribution in [3.05, 3.63) is 24.0 Å². The number of aliphatic hydroxyl groups is 1. The molecule has 0 aromatic carbocycles. The first kappa shape index (κ1) is 22.1. The molecule has 0 saturated heterocycles. The second kappa shape index (κ2) is 7.90. The number of carbonyl (C=O) groups excluding carboxylic acids is 2. The highest BCUT2D eigenvalue weighted by atomic mass is 16.5. The Morgan fingerprint density at radius 1 is 1.24 bits per heavy atom. The van der Waals surface area contributed by atoms with E-state index in [1.165, 1.54) is 19.4 Å². The zero-order valence-electron chi connectivity index (χ0n) is 18.5. The van der Waals surface area contributed by atoms with E-state index in [1.807, 2.05) is 6.08 Å². The van der Waals surface area contributed by atoms with Crippen molar-refractivity contribution in [1.29, 1.82) is 0 Å². The van der Waals surface area contributed by atoms with Gasteiger partial charge in [-0.05, 0) is 54.9 Å². The highest BCUT2D eigenvalue weighted by Crippen LogP contribution is 2.64. The monoisotopic (exact) mass is 404 g/mol. The van der Waals surface area contributed by atoms with Crippen LogP contribution in [0.15, 0.2) is 24.0 Å². The summed E-state index contributed by atoms with van der Waals surface area (Å²) < 4.78 is 10.8. The van der Waals surface area contributed by atoms with E-state index < -0.39 is 11.5 Å². The minimum atomic E-state index is -0.482. The van der Waals surface area contributed by atoms with Gasteiger partial charge in [-0.25, -0.2) is 0 Å². The van der Waals surface area contributed by atoms with E-state index in [9.17, 15) is 14.7 Å². The first-order valence-electron chi connectivity index (χ1n) is 10.8. The number of aliphatic hydroxyl groups excluding tert-OH is 1. The molecule has 6 atom stereocenters. The van der Waals surface area contributed by atoms with E-state index >= 15 is 0 Å². The molecule has 5 nitrogen and oxygen atoms in total. The van der Waals surface area contributed by atoms with Gasteiger partial charge in [0.2, 0.25) is 0 Å². The average molecular weight is 405 g/mol. The molecule has 1 N–H and O–H groups in total. The van der Waals surface area contributed by atoms with Crippen LogP contribution in [0.1, 0.15) is 66.7 Å². The highest BCUT2D eigenvalue weighted by Gasteiger charge is 2.61. The molecule has 0 aliphatic heterocycles. The van der Waals surface area contributed by atoms with E-state index in [0.717, 1.165) is 25.7 Å². The van der Waals surface area contributed by atoms with Gasteiger partial charge in [-0.2, -0.15) is 0 Å². The van der Waals surface area contributed by atoms with Crippen molar-refractivity contribution in [1.82, 2.24) is 0 Å². The van der Waals surface area contributed by atoms with Crippen molar-refractivity contribution in [2.45, 2.75) is 72.8 Å². The molecular formula is C24H36O5. The largest absolute Gasteiger partial charge is 0.466 e.